The smallest absolute Gasteiger partial charge is 0.380 e. The van der Waals surface area contributed by atoms with Gasteiger partial charge in [-0.15, -0.1) is 0 Å². The van der Waals surface area contributed by atoms with Crippen LogP contribution in [0.1, 0.15) is 22.8 Å². The van der Waals surface area contributed by atoms with E-state index in [2.05, 4.69) is 0 Å². The van der Waals surface area contributed by atoms with Gasteiger partial charge in [-0.2, -0.15) is 4.84 Å². The van der Waals surface area contributed by atoms with Gasteiger partial charge in [-0.1, -0.05) is 65.3 Å². The Hall–Kier alpha value is -3.53. The van der Waals surface area contributed by atoms with Crippen molar-refractivity contribution in [3.05, 3.63) is 90.0 Å². The molecule has 1 unspecified atom stereocenters. The Balaban J connectivity index is 1.79. The molecule has 3 aromatic carbocycles. The molecule has 1 fully saturated rings. The molecule has 1 saturated heterocycles. The van der Waals surface area contributed by atoms with Crippen LogP contribution in [0, 0.1) is 0 Å². The summed E-state index contributed by atoms with van der Waals surface area (Å²) in [5.74, 6) is -1.47. The fourth-order valence-corrected chi connectivity index (χ4v) is 6.20. The average Bonchev–Trinajstić information content (AvgIpc) is 3.15. The number of hydroxylamine groups is 3. The number of nitrogens with zero attached hydrogens (tertiary/aromatic N) is 1. The summed E-state index contributed by atoms with van der Waals surface area (Å²) in [4.78, 5) is 32.6. The van der Waals surface area contributed by atoms with Gasteiger partial charge >= 0.3 is 11.3 Å². The van der Waals surface area contributed by atoms with Gasteiger partial charge in [0, 0.05) is 0 Å². The highest BCUT2D eigenvalue weighted by molar-refractivity contribution is 7.92. The zero-order chi connectivity index (χ0) is 25.1. The second-order valence-corrected chi connectivity index (χ2v) is 10.4. The molecule has 1 aliphatic rings. The van der Waals surface area contributed by atoms with Crippen molar-refractivity contribution >= 4 is 21.7 Å². The number of carbonyl (C=O) groups excluding carboxylic acids is 2. The molecule has 0 saturated carbocycles. The third-order valence-electron chi connectivity index (χ3n) is 5.95. The number of hydrogen-bond donors (Lipinski definition) is 1. The van der Waals surface area contributed by atoms with Crippen molar-refractivity contribution < 1.29 is 32.2 Å². The zero-order valence-corrected chi connectivity index (χ0v) is 20.1. The van der Waals surface area contributed by atoms with Crippen molar-refractivity contribution in [2.75, 3.05) is 18.9 Å². The molecule has 0 aliphatic carbocycles. The van der Waals surface area contributed by atoms with E-state index >= 15 is 0 Å². The highest BCUT2D eigenvalue weighted by Gasteiger charge is 2.63. The number of quaternary nitrogens is 1. The molecule has 1 heterocycles. The summed E-state index contributed by atoms with van der Waals surface area (Å²) < 4.78 is 30.2. The maximum absolute atomic E-state index is 14.1. The molecule has 0 aromatic heterocycles. The summed E-state index contributed by atoms with van der Waals surface area (Å²) in [6.45, 7) is 2.12. The largest absolute Gasteiger partial charge is 0.494 e. The summed E-state index contributed by atoms with van der Waals surface area (Å²) in [6.07, 6.45) is 0. The zero-order valence-electron chi connectivity index (χ0n) is 19.3. The topological polar surface area (TPSA) is 113 Å². The molecule has 2 N–H and O–H groups in total. The number of amides is 2. The number of primary amides is 1. The van der Waals surface area contributed by atoms with Crippen LogP contribution in [-0.4, -0.2) is 49.2 Å². The number of sulfone groups is 1. The van der Waals surface area contributed by atoms with Gasteiger partial charge in [-0.25, -0.2) is 13.2 Å². The van der Waals surface area contributed by atoms with Crippen molar-refractivity contribution in [2.45, 2.75) is 18.9 Å². The first-order valence-corrected chi connectivity index (χ1v) is 12.9. The molecule has 0 bridgehead atoms. The van der Waals surface area contributed by atoms with Crippen LogP contribution in [0.3, 0.4) is 0 Å². The van der Waals surface area contributed by atoms with Gasteiger partial charge in [0.2, 0.25) is 9.84 Å². The summed E-state index contributed by atoms with van der Waals surface area (Å²) in [5.41, 5.74) is 7.82. The summed E-state index contributed by atoms with van der Waals surface area (Å²) in [7, 11) is -4.01. The van der Waals surface area contributed by atoms with E-state index in [-0.39, 0.29) is 18.7 Å². The molecule has 3 aromatic rings. The predicted octanol–water partition coefficient (Wildman–Crippen LogP) is 3.08. The van der Waals surface area contributed by atoms with E-state index in [1.807, 2.05) is 25.1 Å². The quantitative estimate of drug-likeness (QED) is 0.481. The third kappa shape index (κ3) is 4.84. The molecule has 0 spiro atoms. The molecule has 1 aliphatic heterocycles. The fraction of sp³-hybridized carbons (Fsp3) is 0.231. The number of ether oxygens (including phenoxy) is 1. The van der Waals surface area contributed by atoms with E-state index < -0.39 is 37.4 Å². The van der Waals surface area contributed by atoms with Gasteiger partial charge in [0.25, 0.3) is 5.91 Å². The Morgan fingerprint density at radius 1 is 0.971 bits per heavy atom. The van der Waals surface area contributed by atoms with Crippen LogP contribution in [0.25, 0.3) is 11.1 Å². The molecule has 8 nitrogen and oxygen atoms in total. The van der Waals surface area contributed by atoms with Crippen LogP contribution < -0.4 is 10.5 Å². The highest BCUT2D eigenvalue weighted by atomic mass is 32.2. The Labute approximate surface area is 204 Å². The molecule has 9 heteroatoms. The number of nitrogens with two attached hydrogens (primary N) is 1. The van der Waals surface area contributed by atoms with Gasteiger partial charge in [0.15, 0.2) is 0 Å². The van der Waals surface area contributed by atoms with Gasteiger partial charge in [0.1, 0.15) is 24.7 Å². The lowest BCUT2D eigenvalue weighted by Gasteiger charge is -2.32. The Morgan fingerprint density at radius 2 is 1.63 bits per heavy atom. The van der Waals surface area contributed by atoms with Crippen LogP contribution >= 0.6 is 0 Å². The van der Waals surface area contributed by atoms with Crippen LogP contribution in [0.4, 0.5) is 0 Å². The predicted molar refractivity (Wildman–Crippen MR) is 131 cm³/mol. The first-order valence-electron chi connectivity index (χ1n) is 11.2. The fourth-order valence-electron chi connectivity index (χ4n) is 4.32. The lowest BCUT2D eigenvalue weighted by atomic mass is 9.98. The van der Waals surface area contributed by atoms with Crippen molar-refractivity contribution in [1.82, 2.24) is 0 Å². The second-order valence-electron chi connectivity index (χ2n) is 8.21. The average molecular weight is 496 g/mol. The molecular weight excluding hydrogens is 468 g/mol. The molecule has 2 amide bonds. The first-order chi connectivity index (χ1) is 16.8. The Kier molecular flexibility index (Phi) is 7.02. The minimum atomic E-state index is -4.01. The van der Waals surface area contributed by atoms with Gasteiger partial charge in [0.05, 0.1) is 12.2 Å². The normalized spacial score (nSPS) is 20.9. The number of benzene rings is 3. The van der Waals surface area contributed by atoms with Crippen LogP contribution in [-0.2, 0) is 26.1 Å². The summed E-state index contributed by atoms with van der Waals surface area (Å²) >= 11 is 0. The number of carbonyl (C=O) groups is 2. The van der Waals surface area contributed by atoms with Crippen molar-refractivity contribution in [3.63, 3.8) is 0 Å². The second kappa shape index (κ2) is 9.99. The Morgan fingerprint density at radius 3 is 2.29 bits per heavy atom. The van der Waals surface area contributed by atoms with Gasteiger partial charge in [-0.05, 0) is 41.8 Å². The minimum Gasteiger partial charge on any atom is -0.494 e. The molecule has 4 rings (SSSR count). The van der Waals surface area contributed by atoms with E-state index in [1.54, 1.807) is 60.7 Å². The van der Waals surface area contributed by atoms with Crippen molar-refractivity contribution in [1.29, 1.82) is 0 Å². The maximum Gasteiger partial charge on any atom is 0.380 e. The van der Waals surface area contributed by atoms with E-state index in [9.17, 15) is 18.0 Å². The molecular formula is C26H27N2O6S+. The van der Waals surface area contributed by atoms with Crippen LogP contribution in [0.15, 0.2) is 78.9 Å². The van der Waals surface area contributed by atoms with E-state index in [1.165, 1.54) is 0 Å². The lowest BCUT2D eigenvalue weighted by molar-refractivity contribution is -1.04. The number of rotatable bonds is 8. The molecule has 2 atom stereocenters. The Bertz CT molecular complexity index is 1330. The highest BCUT2D eigenvalue weighted by Crippen LogP contribution is 2.35. The standard InChI is InChI=1S/C26H26N2O6S/c1-2-33-21-14-12-20(13-15-21)22-10-6-7-11-23(22)25(30)28(34-18-19-8-4-3-5-9-19)16-17-35(31,32)26(28)24(27)29/h3-15,26H,2,16-18H2,1H3,(H-,27,29)/p+1/t26?,28-/m0/s1. The monoisotopic (exact) mass is 495 g/mol. The van der Waals surface area contributed by atoms with E-state index in [0.717, 1.165) is 11.1 Å². The molecule has 182 valence electrons. The SMILES string of the molecule is CCOc1ccc(-c2ccccc2C(=O)[N@@+]2(OCc3ccccc3)CCS(=O)(=O)C2C(N)=O)cc1. The summed E-state index contributed by atoms with van der Waals surface area (Å²) in [6, 6.07) is 23.1. The van der Waals surface area contributed by atoms with Gasteiger partial charge < -0.3 is 10.5 Å². The minimum absolute atomic E-state index is 0.0723. The first kappa shape index (κ1) is 24.6. The summed E-state index contributed by atoms with van der Waals surface area (Å²) in [5, 5.41) is -1.84. The van der Waals surface area contributed by atoms with E-state index in [4.69, 9.17) is 15.3 Å². The maximum atomic E-state index is 14.1. The third-order valence-corrected chi connectivity index (χ3v) is 7.96. The molecule has 35 heavy (non-hydrogen) atoms. The van der Waals surface area contributed by atoms with Crippen LogP contribution in [0.5, 0.6) is 5.75 Å². The van der Waals surface area contributed by atoms with Crippen LogP contribution in [0.2, 0.25) is 0 Å². The van der Waals surface area contributed by atoms with Gasteiger partial charge in [-0.3, -0.25) is 4.79 Å². The lowest BCUT2D eigenvalue weighted by Crippen LogP contribution is -2.61. The number of hydrogen-bond acceptors (Lipinski definition) is 6. The van der Waals surface area contributed by atoms with Crippen molar-refractivity contribution in [2.24, 2.45) is 5.73 Å². The van der Waals surface area contributed by atoms with E-state index in [0.29, 0.717) is 17.9 Å². The molecule has 0 radical (unpaired) electrons. The van der Waals surface area contributed by atoms with Crippen molar-refractivity contribution in [3.8, 4) is 16.9 Å².